The lowest BCUT2D eigenvalue weighted by Crippen LogP contribution is -2.17. The summed E-state index contributed by atoms with van der Waals surface area (Å²) in [6, 6.07) is 5.85. The third-order valence-corrected chi connectivity index (χ3v) is 8.78. The van der Waals surface area contributed by atoms with E-state index in [1.165, 1.54) is 28.8 Å². The second-order valence-electron chi connectivity index (χ2n) is 7.40. The van der Waals surface area contributed by atoms with E-state index in [0.717, 1.165) is 33.4 Å². The Kier molecular flexibility index (Phi) is 7.16. The molecule has 0 aliphatic carbocycles. The molecular weight excluding hydrogens is 462 g/mol. The van der Waals surface area contributed by atoms with Crippen LogP contribution in [0, 0.1) is 19.8 Å². The molecule has 6 nitrogen and oxygen atoms in total. The average molecular weight is 486 g/mol. The SMILES string of the molecule is Cc1sc(SCCCC(C)C)c2c(NS(=O)(=O)c3ccc(Cl)cc3)nc(=O)n-2c1C. The van der Waals surface area contributed by atoms with Gasteiger partial charge in [-0.15, -0.1) is 23.1 Å². The minimum atomic E-state index is -3.91. The Morgan fingerprint density at radius 3 is 2.53 bits per heavy atom. The van der Waals surface area contributed by atoms with Crippen molar-refractivity contribution in [3.05, 3.63) is 50.3 Å². The van der Waals surface area contributed by atoms with Crippen LogP contribution < -0.4 is 10.4 Å². The summed E-state index contributed by atoms with van der Waals surface area (Å²) in [7, 11) is -3.91. The van der Waals surface area contributed by atoms with Crippen LogP contribution in [0.4, 0.5) is 5.82 Å². The van der Waals surface area contributed by atoms with E-state index < -0.39 is 15.7 Å². The van der Waals surface area contributed by atoms with E-state index in [2.05, 4.69) is 23.6 Å². The maximum absolute atomic E-state index is 12.9. The van der Waals surface area contributed by atoms with Crippen molar-refractivity contribution in [1.82, 2.24) is 9.55 Å². The Bertz CT molecular complexity index is 1170. The second kappa shape index (κ2) is 9.30. The molecule has 1 aromatic carbocycles. The standard InChI is InChI=1S/C20H24ClN3O3S3/c1-12(2)6-5-11-28-19-17-18(22-20(25)24(17)13(3)14(4)29-19)23-30(26,27)16-9-7-15(21)8-10-16/h7-10,12H,5-6,11H2,1-4H3,(H,22,23,25). The van der Waals surface area contributed by atoms with Gasteiger partial charge >= 0.3 is 5.69 Å². The first-order valence-electron chi connectivity index (χ1n) is 9.54. The van der Waals surface area contributed by atoms with Gasteiger partial charge in [0, 0.05) is 15.6 Å². The lowest BCUT2D eigenvalue weighted by molar-refractivity contribution is 0.579. The number of fused-ring (bicyclic) bond motifs is 1. The molecule has 0 spiro atoms. The predicted octanol–water partition coefficient (Wildman–Crippen LogP) is 5.33. The van der Waals surface area contributed by atoms with E-state index in [1.54, 1.807) is 23.1 Å². The molecule has 30 heavy (non-hydrogen) atoms. The van der Waals surface area contributed by atoms with Crippen molar-refractivity contribution in [2.24, 2.45) is 5.92 Å². The van der Waals surface area contributed by atoms with E-state index in [4.69, 9.17) is 11.6 Å². The molecule has 1 N–H and O–H groups in total. The molecule has 0 radical (unpaired) electrons. The Labute approximate surface area is 190 Å². The van der Waals surface area contributed by atoms with Gasteiger partial charge in [-0.05, 0) is 56.2 Å². The van der Waals surface area contributed by atoms with Crippen LogP contribution in [0.3, 0.4) is 0 Å². The fourth-order valence-electron chi connectivity index (χ4n) is 2.94. The number of nitrogens with one attached hydrogen (secondary N) is 1. The van der Waals surface area contributed by atoms with Gasteiger partial charge in [0.2, 0.25) is 0 Å². The summed E-state index contributed by atoms with van der Waals surface area (Å²) in [5.41, 5.74) is 0.785. The van der Waals surface area contributed by atoms with Crippen LogP contribution in [0.15, 0.2) is 38.2 Å². The first-order chi connectivity index (χ1) is 14.1. The zero-order valence-corrected chi connectivity index (χ0v) is 20.4. The number of imidazole rings is 1. The first kappa shape index (κ1) is 23.1. The molecule has 0 saturated heterocycles. The second-order valence-corrected chi connectivity index (χ2v) is 12.1. The number of hydrogen-bond acceptors (Lipinski definition) is 6. The minimum absolute atomic E-state index is 0.0548. The molecule has 0 amide bonds. The van der Waals surface area contributed by atoms with Gasteiger partial charge in [0.15, 0.2) is 5.82 Å². The average Bonchev–Trinajstić information content (AvgIpc) is 2.98. The van der Waals surface area contributed by atoms with E-state index >= 15 is 0 Å². The number of aromatic nitrogens is 2. The third kappa shape index (κ3) is 5.01. The van der Waals surface area contributed by atoms with Gasteiger partial charge < -0.3 is 0 Å². The molecule has 0 bridgehead atoms. The molecule has 0 saturated carbocycles. The quantitative estimate of drug-likeness (QED) is 0.344. The van der Waals surface area contributed by atoms with Crippen LogP contribution in [0.2, 0.25) is 5.02 Å². The van der Waals surface area contributed by atoms with E-state index in [1.807, 2.05) is 13.8 Å². The molecule has 0 aromatic heterocycles. The summed E-state index contributed by atoms with van der Waals surface area (Å²) >= 11 is 9.05. The van der Waals surface area contributed by atoms with Crippen LogP contribution in [-0.2, 0) is 10.0 Å². The highest BCUT2D eigenvalue weighted by molar-refractivity contribution is 8.01. The molecule has 3 rings (SSSR count). The number of hydrogen-bond donors (Lipinski definition) is 1. The summed E-state index contributed by atoms with van der Waals surface area (Å²) < 4.78 is 30.6. The van der Waals surface area contributed by atoms with Crippen LogP contribution in [0.1, 0.15) is 37.3 Å². The highest BCUT2D eigenvalue weighted by Gasteiger charge is 2.26. The molecule has 0 fully saturated rings. The number of benzene rings is 1. The van der Waals surface area contributed by atoms with Gasteiger partial charge in [-0.3, -0.25) is 9.29 Å². The van der Waals surface area contributed by atoms with Gasteiger partial charge in [-0.2, -0.15) is 4.98 Å². The Balaban J connectivity index is 2.00. The molecule has 2 aliphatic rings. The number of rotatable bonds is 8. The zero-order valence-electron chi connectivity index (χ0n) is 17.2. The van der Waals surface area contributed by atoms with Gasteiger partial charge in [-0.1, -0.05) is 31.9 Å². The van der Waals surface area contributed by atoms with E-state index in [0.29, 0.717) is 16.6 Å². The highest BCUT2D eigenvalue weighted by atomic mass is 35.5. The van der Waals surface area contributed by atoms with Crippen molar-refractivity contribution in [2.75, 3.05) is 10.5 Å². The molecule has 2 aliphatic heterocycles. The predicted molar refractivity (Wildman–Crippen MR) is 125 cm³/mol. The lowest BCUT2D eigenvalue weighted by atomic mass is 10.1. The van der Waals surface area contributed by atoms with Crippen LogP contribution >= 0.6 is 34.7 Å². The summed E-state index contributed by atoms with van der Waals surface area (Å²) in [5.74, 6) is 1.56. The summed E-state index contributed by atoms with van der Waals surface area (Å²) in [6.07, 6.45) is 2.15. The van der Waals surface area contributed by atoms with E-state index in [9.17, 15) is 13.2 Å². The smallest absolute Gasteiger partial charge is 0.261 e. The van der Waals surface area contributed by atoms with Crippen molar-refractivity contribution < 1.29 is 8.42 Å². The van der Waals surface area contributed by atoms with Crippen molar-refractivity contribution in [3.63, 3.8) is 0 Å². The number of thioether (sulfide) groups is 1. The Morgan fingerprint density at radius 2 is 1.90 bits per heavy atom. The molecular formula is C20H24ClN3O3S3. The van der Waals surface area contributed by atoms with Crippen LogP contribution in [-0.4, -0.2) is 23.7 Å². The van der Waals surface area contributed by atoms with Gasteiger partial charge in [0.25, 0.3) is 10.0 Å². The highest BCUT2D eigenvalue weighted by Crippen LogP contribution is 2.38. The fourth-order valence-corrected chi connectivity index (χ4v) is 6.56. The largest absolute Gasteiger partial charge is 0.354 e. The Hall–Kier alpha value is -1.55. The van der Waals surface area contributed by atoms with Gasteiger partial charge in [0.05, 0.1) is 9.10 Å². The summed E-state index contributed by atoms with van der Waals surface area (Å²) in [5, 5.41) is 0.441. The van der Waals surface area contributed by atoms with Crippen molar-refractivity contribution in [2.45, 2.75) is 49.6 Å². The third-order valence-electron chi connectivity index (χ3n) is 4.64. The maximum atomic E-state index is 12.9. The number of anilines is 1. The molecule has 10 heteroatoms. The molecule has 2 heterocycles. The fraction of sp³-hybridized carbons (Fsp3) is 0.400. The first-order valence-corrected chi connectivity index (χ1v) is 13.2. The zero-order chi connectivity index (χ0) is 22.1. The summed E-state index contributed by atoms with van der Waals surface area (Å²) in [4.78, 5) is 17.7. The monoisotopic (exact) mass is 485 g/mol. The molecule has 0 unspecified atom stereocenters. The summed E-state index contributed by atoms with van der Waals surface area (Å²) in [6.45, 7) is 8.17. The normalized spacial score (nSPS) is 12.1. The number of halogens is 1. The van der Waals surface area contributed by atoms with E-state index in [-0.39, 0.29) is 10.7 Å². The van der Waals surface area contributed by atoms with Gasteiger partial charge in [-0.25, -0.2) is 13.2 Å². The molecule has 0 atom stereocenters. The molecule has 1 aromatic rings. The van der Waals surface area contributed by atoms with Crippen LogP contribution in [0.5, 0.6) is 0 Å². The van der Waals surface area contributed by atoms with Gasteiger partial charge in [0.1, 0.15) is 5.69 Å². The minimum Gasteiger partial charge on any atom is -0.261 e. The van der Waals surface area contributed by atoms with Crippen molar-refractivity contribution in [3.8, 4) is 5.69 Å². The number of sulfonamides is 1. The van der Waals surface area contributed by atoms with Crippen molar-refractivity contribution >= 4 is 50.5 Å². The van der Waals surface area contributed by atoms with Crippen molar-refractivity contribution in [1.29, 1.82) is 0 Å². The molecule has 162 valence electrons. The Morgan fingerprint density at radius 1 is 1.23 bits per heavy atom. The topological polar surface area (TPSA) is 81.1 Å². The lowest BCUT2D eigenvalue weighted by Gasteiger charge is -2.16. The maximum Gasteiger partial charge on any atom is 0.354 e. The van der Waals surface area contributed by atoms with Crippen LogP contribution in [0.25, 0.3) is 5.69 Å². The number of aryl methyl sites for hydroxylation is 1. The number of nitrogens with zero attached hydrogens (tertiary/aromatic N) is 2.